The second-order valence-electron chi connectivity index (χ2n) is 5.61. The van der Waals surface area contributed by atoms with Crippen LogP contribution in [0.4, 0.5) is 18.9 Å². The van der Waals surface area contributed by atoms with Crippen LogP contribution >= 0.6 is 0 Å². The number of pyridine rings is 1. The lowest BCUT2D eigenvalue weighted by Crippen LogP contribution is -2.31. The van der Waals surface area contributed by atoms with Crippen LogP contribution in [0.15, 0.2) is 53.5 Å². The van der Waals surface area contributed by atoms with Gasteiger partial charge in [0.25, 0.3) is 5.56 Å². The second-order valence-corrected chi connectivity index (χ2v) is 5.61. The van der Waals surface area contributed by atoms with E-state index in [1.807, 2.05) is 0 Å². The van der Waals surface area contributed by atoms with E-state index in [4.69, 9.17) is 4.74 Å². The molecule has 6 nitrogen and oxygen atoms in total. The largest absolute Gasteiger partial charge is 0.463 e. The quantitative estimate of drug-likeness (QED) is 0.603. The Morgan fingerprint density at radius 3 is 2.46 bits per heavy atom. The molecule has 2 aromatic rings. The number of ether oxygens (including phenoxy) is 1. The number of esters is 1. The third-order valence-electron chi connectivity index (χ3n) is 3.53. The SMILES string of the molecule is CCOC(=O)/C=C/c1ccc(NC(=O)Cn2cccc(C(F)(F)F)c2=O)cc1. The summed E-state index contributed by atoms with van der Waals surface area (Å²) in [4.78, 5) is 35.1. The topological polar surface area (TPSA) is 77.4 Å². The van der Waals surface area contributed by atoms with Crippen molar-refractivity contribution in [1.29, 1.82) is 0 Å². The minimum atomic E-state index is -4.79. The number of aromatic nitrogens is 1. The fourth-order valence-electron chi connectivity index (χ4n) is 2.26. The predicted molar refractivity (Wildman–Crippen MR) is 96.4 cm³/mol. The summed E-state index contributed by atoms with van der Waals surface area (Å²) in [5, 5.41) is 2.49. The van der Waals surface area contributed by atoms with Crippen LogP contribution in [-0.4, -0.2) is 23.1 Å². The van der Waals surface area contributed by atoms with Gasteiger partial charge in [0.1, 0.15) is 12.1 Å². The Morgan fingerprint density at radius 2 is 1.86 bits per heavy atom. The number of halogens is 3. The van der Waals surface area contributed by atoms with E-state index in [0.717, 1.165) is 12.3 Å². The Labute approximate surface area is 158 Å². The maximum atomic E-state index is 12.8. The van der Waals surface area contributed by atoms with Gasteiger partial charge in [-0.2, -0.15) is 13.2 Å². The third-order valence-corrected chi connectivity index (χ3v) is 3.53. The number of nitrogens with one attached hydrogen (secondary N) is 1. The van der Waals surface area contributed by atoms with E-state index in [0.29, 0.717) is 21.9 Å². The van der Waals surface area contributed by atoms with Gasteiger partial charge in [-0.15, -0.1) is 0 Å². The van der Waals surface area contributed by atoms with Crippen molar-refractivity contribution in [3.05, 3.63) is 70.2 Å². The van der Waals surface area contributed by atoms with Crippen LogP contribution in [0.2, 0.25) is 0 Å². The molecule has 148 valence electrons. The fourth-order valence-corrected chi connectivity index (χ4v) is 2.26. The van der Waals surface area contributed by atoms with Gasteiger partial charge >= 0.3 is 12.1 Å². The van der Waals surface area contributed by atoms with Crippen LogP contribution in [0.25, 0.3) is 6.08 Å². The van der Waals surface area contributed by atoms with Crippen molar-refractivity contribution in [3.63, 3.8) is 0 Å². The van der Waals surface area contributed by atoms with E-state index < -0.39 is 35.7 Å². The van der Waals surface area contributed by atoms with Crippen LogP contribution in [0.5, 0.6) is 0 Å². The number of benzene rings is 1. The van der Waals surface area contributed by atoms with E-state index in [2.05, 4.69) is 5.32 Å². The van der Waals surface area contributed by atoms with Crippen LogP contribution in [0.1, 0.15) is 18.1 Å². The zero-order valence-corrected chi connectivity index (χ0v) is 14.8. The molecule has 1 aromatic carbocycles. The number of carbonyl (C=O) groups is 2. The first kappa shape index (κ1) is 20.9. The van der Waals surface area contributed by atoms with Gasteiger partial charge in [0, 0.05) is 18.0 Å². The number of nitrogens with zero attached hydrogens (tertiary/aromatic N) is 1. The van der Waals surface area contributed by atoms with Gasteiger partial charge in [-0.3, -0.25) is 9.59 Å². The molecule has 1 amide bonds. The highest BCUT2D eigenvalue weighted by molar-refractivity contribution is 5.91. The molecule has 9 heteroatoms. The maximum Gasteiger partial charge on any atom is 0.421 e. The third kappa shape index (κ3) is 5.83. The standard InChI is InChI=1S/C19H17F3N2O4/c1-2-28-17(26)10-7-13-5-8-14(9-6-13)23-16(25)12-24-11-3-4-15(18(24)27)19(20,21)22/h3-11H,2,12H2,1H3,(H,23,25)/b10-7+. The fraction of sp³-hybridized carbons (Fsp3) is 0.211. The molecule has 0 fully saturated rings. The second kappa shape index (κ2) is 9.03. The number of alkyl halides is 3. The summed E-state index contributed by atoms with van der Waals surface area (Å²) in [6.07, 6.45) is -0.882. The summed E-state index contributed by atoms with van der Waals surface area (Å²) in [6, 6.07) is 8.08. The Bertz CT molecular complexity index is 931. The van der Waals surface area contributed by atoms with E-state index in [-0.39, 0.29) is 6.61 Å². The number of hydrogen-bond acceptors (Lipinski definition) is 4. The predicted octanol–water partition coefficient (Wildman–Crippen LogP) is 3.08. The van der Waals surface area contributed by atoms with Crippen molar-refractivity contribution in [2.45, 2.75) is 19.6 Å². The van der Waals surface area contributed by atoms with Crippen LogP contribution in [0, 0.1) is 0 Å². The number of carbonyl (C=O) groups excluding carboxylic acids is 2. The van der Waals surface area contributed by atoms with Crippen molar-refractivity contribution in [2.24, 2.45) is 0 Å². The molecule has 0 saturated heterocycles. The highest BCUT2D eigenvalue weighted by atomic mass is 19.4. The highest BCUT2D eigenvalue weighted by Crippen LogP contribution is 2.25. The van der Waals surface area contributed by atoms with Gasteiger partial charge in [-0.1, -0.05) is 12.1 Å². The van der Waals surface area contributed by atoms with Gasteiger partial charge in [0.05, 0.1) is 6.61 Å². The molecule has 28 heavy (non-hydrogen) atoms. The zero-order chi connectivity index (χ0) is 20.7. The Hall–Kier alpha value is -3.36. The molecule has 0 atom stereocenters. The summed E-state index contributed by atoms with van der Waals surface area (Å²) in [5.41, 5.74) is -1.55. The average molecular weight is 394 g/mol. The molecule has 0 unspecified atom stereocenters. The van der Waals surface area contributed by atoms with Crippen LogP contribution in [-0.2, 0) is 27.0 Å². The minimum Gasteiger partial charge on any atom is -0.463 e. The minimum absolute atomic E-state index is 0.267. The molecule has 2 rings (SSSR count). The van der Waals surface area contributed by atoms with Gasteiger partial charge in [-0.05, 0) is 42.8 Å². The lowest BCUT2D eigenvalue weighted by atomic mass is 10.2. The summed E-state index contributed by atoms with van der Waals surface area (Å²) in [7, 11) is 0. The normalized spacial score (nSPS) is 11.4. The molecular formula is C19H17F3N2O4. The summed E-state index contributed by atoms with van der Waals surface area (Å²) in [6.45, 7) is 1.40. The molecule has 0 bridgehead atoms. The van der Waals surface area contributed by atoms with Crippen LogP contribution in [0.3, 0.4) is 0 Å². The monoisotopic (exact) mass is 394 g/mol. The lowest BCUT2D eigenvalue weighted by molar-refractivity contribution is -0.139. The first-order valence-electron chi connectivity index (χ1n) is 8.22. The van der Waals surface area contributed by atoms with Crippen LogP contribution < -0.4 is 10.9 Å². The van der Waals surface area contributed by atoms with Crippen molar-refractivity contribution < 1.29 is 27.5 Å². The van der Waals surface area contributed by atoms with Gasteiger partial charge in [-0.25, -0.2) is 4.79 Å². The molecule has 1 N–H and O–H groups in total. The molecule has 1 aromatic heterocycles. The molecule has 0 aliphatic carbocycles. The average Bonchev–Trinajstić information content (AvgIpc) is 2.62. The number of rotatable bonds is 6. The smallest absolute Gasteiger partial charge is 0.421 e. The molecule has 1 heterocycles. The Morgan fingerprint density at radius 1 is 1.18 bits per heavy atom. The van der Waals surface area contributed by atoms with E-state index in [9.17, 15) is 27.6 Å². The molecule has 0 aliphatic rings. The molecular weight excluding hydrogens is 377 g/mol. The summed E-state index contributed by atoms with van der Waals surface area (Å²) < 4.78 is 43.7. The van der Waals surface area contributed by atoms with Gasteiger partial charge in [0.15, 0.2) is 0 Å². The number of hydrogen-bond donors (Lipinski definition) is 1. The van der Waals surface area contributed by atoms with E-state index in [1.165, 1.54) is 12.2 Å². The van der Waals surface area contributed by atoms with Crippen molar-refractivity contribution in [1.82, 2.24) is 4.57 Å². The zero-order valence-electron chi connectivity index (χ0n) is 14.8. The highest BCUT2D eigenvalue weighted by Gasteiger charge is 2.34. The molecule has 0 radical (unpaired) electrons. The molecule has 0 aliphatic heterocycles. The molecule has 0 spiro atoms. The van der Waals surface area contributed by atoms with Gasteiger partial charge in [0.2, 0.25) is 5.91 Å². The van der Waals surface area contributed by atoms with Crippen molar-refractivity contribution in [3.8, 4) is 0 Å². The van der Waals surface area contributed by atoms with Gasteiger partial charge < -0.3 is 14.6 Å². The number of amides is 1. The lowest BCUT2D eigenvalue weighted by Gasteiger charge is -2.10. The summed E-state index contributed by atoms with van der Waals surface area (Å²) >= 11 is 0. The molecule has 0 saturated carbocycles. The Balaban J connectivity index is 2.02. The van der Waals surface area contributed by atoms with Crippen molar-refractivity contribution in [2.75, 3.05) is 11.9 Å². The summed E-state index contributed by atoms with van der Waals surface area (Å²) in [5.74, 6) is -1.14. The van der Waals surface area contributed by atoms with E-state index in [1.54, 1.807) is 31.2 Å². The Kier molecular flexibility index (Phi) is 6.75. The van der Waals surface area contributed by atoms with Crippen molar-refractivity contribution >= 4 is 23.6 Å². The number of anilines is 1. The first-order chi connectivity index (χ1) is 13.2. The van der Waals surface area contributed by atoms with E-state index >= 15 is 0 Å². The maximum absolute atomic E-state index is 12.8. The first-order valence-corrected chi connectivity index (χ1v) is 8.22.